The van der Waals surface area contributed by atoms with Gasteiger partial charge < -0.3 is 15.4 Å². The summed E-state index contributed by atoms with van der Waals surface area (Å²) in [6.45, 7) is 6.02. The van der Waals surface area contributed by atoms with E-state index in [0.717, 1.165) is 43.1 Å². The minimum absolute atomic E-state index is 0.0603. The van der Waals surface area contributed by atoms with Gasteiger partial charge in [0.1, 0.15) is 5.82 Å². The molecule has 1 aliphatic heterocycles. The van der Waals surface area contributed by atoms with Crippen molar-refractivity contribution in [1.29, 1.82) is 0 Å². The predicted molar refractivity (Wildman–Crippen MR) is 70.2 cm³/mol. The number of anilines is 2. The maximum atomic E-state index is 5.79. The molecular weight excluding hydrogens is 214 g/mol. The van der Waals surface area contributed by atoms with E-state index in [1.54, 1.807) is 7.11 Å². The van der Waals surface area contributed by atoms with E-state index in [9.17, 15) is 0 Å². The third kappa shape index (κ3) is 2.52. The largest absolute Gasteiger partial charge is 0.397 e. The van der Waals surface area contributed by atoms with E-state index < -0.39 is 0 Å². The summed E-state index contributed by atoms with van der Waals surface area (Å²) < 4.78 is 5.59. The van der Waals surface area contributed by atoms with Crippen LogP contribution in [0.4, 0.5) is 11.5 Å². The zero-order valence-corrected chi connectivity index (χ0v) is 10.9. The normalized spacial score (nSPS) is 25.0. The molecule has 1 aliphatic rings. The molecule has 0 bridgehead atoms. The van der Waals surface area contributed by atoms with Gasteiger partial charge in [0.2, 0.25) is 0 Å². The van der Waals surface area contributed by atoms with E-state index in [1.807, 2.05) is 19.1 Å². The van der Waals surface area contributed by atoms with E-state index in [0.29, 0.717) is 0 Å². The van der Waals surface area contributed by atoms with Crippen LogP contribution in [0.25, 0.3) is 0 Å². The number of pyridine rings is 1. The van der Waals surface area contributed by atoms with Crippen LogP contribution < -0.4 is 10.6 Å². The lowest BCUT2D eigenvalue weighted by atomic mass is 9.95. The lowest BCUT2D eigenvalue weighted by Gasteiger charge is -2.40. The third-order valence-electron chi connectivity index (χ3n) is 3.59. The molecule has 2 rings (SSSR count). The van der Waals surface area contributed by atoms with Crippen LogP contribution in [0.15, 0.2) is 12.1 Å². The lowest BCUT2D eigenvalue weighted by Crippen LogP contribution is -2.47. The van der Waals surface area contributed by atoms with Crippen LogP contribution in [0.1, 0.15) is 25.5 Å². The molecule has 1 atom stereocenters. The maximum absolute atomic E-state index is 5.79. The van der Waals surface area contributed by atoms with Crippen LogP contribution in [-0.2, 0) is 4.74 Å². The average molecular weight is 235 g/mol. The molecule has 94 valence electrons. The van der Waals surface area contributed by atoms with Gasteiger partial charge in [-0.1, -0.05) is 0 Å². The topological polar surface area (TPSA) is 51.4 Å². The van der Waals surface area contributed by atoms with Crippen molar-refractivity contribution in [1.82, 2.24) is 4.98 Å². The van der Waals surface area contributed by atoms with E-state index in [2.05, 4.69) is 16.8 Å². The Balaban J connectivity index is 2.19. The van der Waals surface area contributed by atoms with Crippen LogP contribution in [0.3, 0.4) is 0 Å². The Bertz CT molecular complexity index is 408. The second kappa shape index (κ2) is 4.53. The van der Waals surface area contributed by atoms with E-state index >= 15 is 0 Å². The minimum atomic E-state index is -0.0603. The fraction of sp³-hybridized carbons (Fsp3) is 0.615. The van der Waals surface area contributed by atoms with Crippen molar-refractivity contribution in [2.24, 2.45) is 0 Å². The maximum Gasteiger partial charge on any atom is 0.129 e. The molecule has 1 aromatic heterocycles. The zero-order chi connectivity index (χ0) is 12.5. The fourth-order valence-corrected chi connectivity index (χ4v) is 2.30. The van der Waals surface area contributed by atoms with Crippen LogP contribution in [0.2, 0.25) is 0 Å². The predicted octanol–water partition coefficient (Wildman–Crippen LogP) is 1.98. The molecule has 4 heteroatoms. The number of aryl methyl sites for hydroxylation is 1. The van der Waals surface area contributed by atoms with E-state index in [-0.39, 0.29) is 5.60 Å². The summed E-state index contributed by atoms with van der Waals surface area (Å²) in [4.78, 5) is 6.82. The summed E-state index contributed by atoms with van der Waals surface area (Å²) in [6, 6.07) is 3.92. The zero-order valence-electron chi connectivity index (χ0n) is 10.9. The smallest absolute Gasteiger partial charge is 0.129 e. The first-order chi connectivity index (χ1) is 8.04. The SMILES string of the molecule is COC1(C)CCCN(c2ccc(N)c(C)n2)C1. The van der Waals surface area contributed by atoms with Crippen LogP contribution in [0.5, 0.6) is 0 Å². The number of hydrogen-bond donors (Lipinski definition) is 1. The van der Waals surface area contributed by atoms with Gasteiger partial charge in [0.15, 0.2) is 0 Å². The summed E-state index contributed by atoms with van der Waals surface area (Å²) in [5.41, 5.74) is 7.38. The molecule has 1 aromatic rings. The van der Waals surface area contributed by atoms with Gasteiger partial charge in [-0.15, -0.1) is 0 Å². The Hall–Kier alpha value is -1.29. The average Bonchev–Trinajstić information content (AvgIpc) is 2.33. The van der Waals surface area contributed by atoms with Crippen LogP contribution >= 0.6 is 0 Å². The molecule has 1 unspecified atom stereocenters. The molecule has 0 radical (unpaired) electrons. The highest BCUT2D eigenvalue weighted by Crippen LogP contribution is 2.27. The molecule has 0 aliphatic carbocycles. The Morgan fingerprint density at radius 3 is 2.88 bits per heavy atom. The van der Waals surface area contributed by atoms with E-state index in [4.69, 9.17) is 10.5 Å². The van der Waals surface area contributed by atoms with Crippen molar-refractivity contribution in [3.63, 3.8) is 0 Å². The number of aromatic nitrogens is 1. The molecule has 4 nitrogen and oxygen atoms in total. The Morgan fingerprint density at radius 1 is 1.47 bits per heavy atom. The third-order valence-corrected chi connectivity index (χ3v) is 3.59. The Morgan fingerprint density at radius 2 is 2.24 bits per heavy atom. The van der Waals surface area contributed by atoms with Gasteiger partial charge in [-0.05, 0) is 38.8 Å². The molecule has 1 fully saturated rings. The highest BCUT2D eigenvalue weighted by atomic mass is 16.5. The second-order valence-electron chi connectivity index (χ2n) is 5.02. The monoisotopic (exact) mass is 235 g/mol. The number of hydrogen-bond acceptors (Lipinski definition) is 4. The Labute approximate surface area is 103 Å². The van der Waals surface area contributed by atoms with Crippen molar-refractivity contribution in [3.05, 3.63) is 17.8 Å². The van der Waals surface area contributed by atoms with Crippen LogP contribution in [-0.4, -0.2) is 30.8 Å². The second-order valence-corrected chi connectivity index (χ2v) is 5.02. The van der Waals surface area contributed by atoms with Gasteiger partial charge in [-0.3, -0.25) is 0 Å². The molecule has 1 saturated heterocycles. The first-order valence-electron chi connectivity index (χ1n) is 6.07. The standard InChI is InChI=1S/C13H21N3O/c1-10-11(14)5-6-12(15-10)16-8-4-7-13(2,9-16)17-3/h5-6H,4,7-9,14H2,1-3H3. The summed E-state index contributed by atoms with van der Waals surface area (Å²) in [7, 11) is 1.78. The number of methoxy groups -OCH3 is 1. The van der Waals surface area contributed by atoms with E-state index in [1.165, 1.54) is 0 Å². The highest BCUT2D eigenvalue weighted by Gasteiger charge is 2.31. The molecule has 0 amide bonds. The van der Waals surface area contributed by atoms with Gasteiger partial charge >= 0.3 is 0 Å². The van der Waals surface area contributed by atoms with Gasteiger partial charge in [0.05, 0.1) is 17.0 Å². The minimum Gasteiger partial charge on any atom is -0.397 e. The number of ether oxygens (including phenoxy) is 1. The molecular formula is C13H21N3O. The molecule has 2 N–H and O–H groups in total. The van der Waals surface area contributed by atoms with Crippen molar-refractivity contribution in [2.45, 2.75) is 32.3 Å². The molecule has 2 heterocycles. The quantitative estimate of drug-likeness (QED) is 0.851. The summed E-state index contributed by atoms with van der Waals surface area (Å²) in [6.07, 6.45) is 2.24. The lowest BCUT2D eigenvalue weighted by molar-refractivity contribution is -0.00481. The molecule has 17 heavy (non-hydrogen) atoms. The molecule has 0 saturated carbocycles. The van der Waals surface area contributed by atoms with Crippen molar-refractivity contribution in [2.75, 3.05) is 30.8 Å². The first kappa shape index (κ1) is 12.2. The van der Waals surface area contributed by atoms with Crippen molar-refractivity contribution >= 4 is 11.5 Å². The summed E-state index contributed by atoms with van der Waals surface area (Å²) in [5.74, 6) is 1.000. The van der Waals surface area contributed by atoms with Gasteiger partial charge in [0, 0.05) is 20.2 Å². The fourth-order valence-electron chi connectivity index (χ4n) is 2.30. The number of nitrogens with two attached hydrogens (primary N) is 1. The van der Waals surface area contributed by atoms with Crippen LogP contribution in [0, 0.1) is 6.92 Å². The molecule has 0 spiro atoms. The highest BCUT2D eigenvalue weighted by molar-refractivity contribution is 5.50. The number of rotatable bonds is 2. The molecule has 0 aromatic carbocycles. The van der Waals surface area contributed by atoms with Crippen molar-refractivity contribution in [3.8, 4) is 0 Å². The van der Waals surface area contributed by atoms with Crippen molar-refractivity contribution < 1.29 is 4.74 Å². The number of nitrogens with zero attached hydrogens (tertiary/aromatic N) is 2. The van der Waals surface area contributed by atoms with Gasteiger partial charge in [0.25, 0.3) is 0 Å². The number of piperidine rings is 1. The summed E-state index contributed by atoms with van der Waals surface area (Å²) in [5, 5.41) is 0. The van der Waals surface area contributed by atoms with Gasteiger partial charge in [-0.2, -0.15) is 0 Å². The first-order valence-corrected chi connectivity index (χ1v) is 6.07. The summed E-state index contributed by atoms with van der Waals surface area (Å²) >= 11 is 0. The van der Waals surface area contributed by atoms with Gasteiger partial charge in [-0.25, -0.2) is 4.98 Å². The Kier molecular flexibility index (Phi) is 3.24. The number of nitrogen functional groups attached to an aromatic ring is 1.